The lowest BCUT2D eigenvalue weighted by Crippen LogP contribution is -2.08. The zero-order chi connectivity index (χ0) is 15.6. The van der Waals surface area contributed by atoms with Gasteiger partial charge in [0.1, 0.15) is 5.56 Å². The number of benzene rings is 1. The van der Waals surface area contributed by atoms with Gasteiger partial charge in [0.25, 0.3) is 0 Å². The van der Waals surface area contributed by atoms with Crippen LogP contribution >= 0.6 is 0 Å². The van der Waals surface area contributed by atoms with Gasteiger partial charge in [0.15, 0.2) is 0 Å². The minimum Gasteiger partial charge on any atom is -0.462 e. The van der Waals surface area contributed by atoms with Crippen LogP contribution in [0.25, 0.3) is 11.3 Å². The number of rotatable bonds is 4. The molecule has 0 aliphatic rings. The molecule has 0 aliphatic heterocycles. The number of aromatic amines is 1. The lowest BCUT2D eigenvalue weighted by Gasteiger charge is -2.12. The van der Waals surface area contributed by atoms with Crippen LogP contribution in [0.2, 0.25) is 0 Å². The molecule has 112 valence electrons. The topological polar surface area (TPSA) is 71.4 Å². The van der Waals surface area contributed by atoms with Gasteiger partial charge in [0, 0.05) is 31.0 Å². The lowest BCUT2D eigenvalue weighted by molar-refractivity contribution is 0.0527. The van der Waals surface area contributed by atoms with Crippen molar-refractivity contribution in [2.24, 2.45) is 0 Å². The summed E-state index contributed by atoms with van der Waals surface area (Å²) in [6.07, 6.45) is 0. The van der Waals surface area contributed by atoms with Crippen molar-refractivity contribution >= 4 is 17.3 Å². The van der Waals surface area contributed by atoms with Gasteiger partial charge in [0.05, 0.1) is 18.0 Å². The molecule has 0 unspecified atom stereocenters. The molecule has 5 nitrogen and oxygen atoms in total. The first kappa shape index (κ1) is 15.0. The average molecular weight is 287 g/mol. The van der Waals surface area contributed by atoms with Gasteiger partial charge in [-0.25, -0.2) is 4.79 Å². The number of hydrogen-bond acceptors (Lipinski definition) is 4. The second kappa shape index (κ2) is 5.91. The quantitative estimate of drug-likeness (QED) is 0.848. The third-order valence-electron chi connectivity index (χ3n) is 3.38. The van der Waals surface area contributed by atoms with Crippen LogP contribution in [0.1, 0.15) is 23.0 Å². The van der Waals surface area contributed by atoms with Crippen molar-refractivity contribution in [3.05, 3.63) is 35.5 Å². The Kier molecular flexibility index (Phi) is 4.21. The van der Waals surface area contributed by atoms with Gasteiger partial charge in [-0.3, -0.25) is 0 Å². The van der Waals surface area contributed by atoms with Gasteiger partial charge < -0.3 is 20.4 Å². The predicted molar refractivity (Wildman–Crippen MR) is 85.7 cm³/mol. The van der Waals surface area contributed by atoms with Crippen molar-refractivity contribution in [1.29, 1.82) is 0 Å². The van der Waals surface area contributed by atoms with E-state index in [0.717, 1.165) is 22.6 Å². The first-order valence-electron chi connectivity index (χ1n) is 6.88. The molecule has 0 aliphatic carbocycles. The number of aromatic nitrogens is 1. The number of carbonyl (C=O) groups is 1. The maximum atomic E-state index is 11.9. The number of H-pyrrole nitrogens is 1. The number of anilines is 2. The summed E-state index contributed by atoms with van der Waals surface area (Å²) >= 11 is 0. The summed E-state index contributed by atoms with van der Waals surface area (Å²) in [5.74, 6) is -0.389. The molecule has 1 heterocycles. The van der Waals surface area contributed by atoms with Gasteiger partial charge in [-0.05, 0) is 26.0 Å². The second-order valence-electron chi connectivity index (χ2n) is 5.08. The lowest BCUT2D eigenvalue weighted by atomic mass is 10.1. The van der Waals surface area contributed by atoms with Crippen molar-refractivity contribution in [3.8, 4) is 11.3 Å². The Labute approximate surface area is 124 Å². The fraction of sp³-hybridized carbons (Fsp3) is 0.312. The fourth-order valence-corrected chi connectivity index (χ4v) is 2.26. The zero-order valence-electron chi connectivity index (χ0n) is 12.9. The third-order valence-corrected chi connectivity index (χ3v) is 3.38. The Morgan fingerprint density at radius 3 is 2.43 bits per heavy atom. The van der Waals surface area contributed by atoms with Gasteiger partial charge in [-0.15, -0.1) is 0 Å². The highest BCUT2D eigenvalue weighted by molar-refractivity contribution is 6.00. The number of ether oxygens (including phenoxy) is 1. The molecule has 0 saturated carbocycles. The summed E-state index contributed by atoms with van der Waals surface area (Å²) in [6, 6.07) is 7.97. The zero-order valence-corrected chi connectivity index (χ0v) is 12.9. The van der Waals surface area contributed by atoms with Crippen LogP contribution in [0.15, 0.2) is 24.3 Å². The van der Waals surface area contributed by atoms with Gasteiger partial charge in [0.2, 0.25) is 0 Å². The van der Waals surface area contributed by atoms with Crippen molar-refractivity contribution < 1.29 is 9.53 Å². The molecule has 21 heavy (non-hydrogen) atoms. The Hall–Kier alpha value is -2.43. The maximum Gasteiger partial charge on any atom is 0.342 e. The number of aryl methyl sites for hydroxylation is 1. The van der Waals surface area contributed by atoms with Gasteiger partial charge in [-0.2, -0.15) is 0 Å². The van der Waals surface area contributed by atoms with Gasteiger partial charge >= 0.3 is 5.97 Å². The molecule has 1 aromatic carbocycles. The van der Waals surface area contributed by atoms with E-state index in [0.29, 0.717) is 17.9 Å². The van der Waals surface area contributed by atoms with Crippen LogP contribution in [0.4, 0.5) is 11.4 Å². The van der Waals surface area contributed by atoms with Crippen LogP contribution in [-0.2, 0) is 4.74 Å². The predicted octanol–water partition coefficient (Wildman–Crippen LogP) is 2.82. The normalized spacial score (nSPS) is 10.5. The number of nitrogens with zero attached hydrogens (tertiary/aromatic N) is 1. The summed E-state index contributed by atoms with van der Waals surface area (Å²) in [6.45, 7) is 3.92. The number of esters is 1. The van der Waals surface area contributed by atoms with Crippen LogP contribution in [0.3, 0.4) is 0 Å². The molecule has 0 saturated heterocycles. The highest BCUT2D eigenvalue weighted by atomic mass is 16.5. The molecular weight excluding hydrogens is 266 g/mol. The second-order valence-corrected chi connectivity index (χ2v) is 5.08. The molecule has 1 aromatic heterocycles. The van der Waals surface area contributed by atoms with Crippen LogP contribution in [-0.4, -0.2) is 31.7 Å². The van der Waals surface area contributed by atoms with Crippen LogP contribution in [0, 0.1) is 6.92 Å². The van der Waals surface area contributed by atoms with E-state index < -0.39 is 0 Å². The number of carbonyl (C=O) groups excluding carboxylic acids is 1. The highest BCUT2D eigenvalue weighted by Crippen LogP contribution is 2.31. The molecule has 0 amide bonds. The smallest absolute Gasteiger partial charge is 0.342 e. The molecule has 5 heteroatoms. The monoisotopic (exact) mass is 287 g/mol. The summed E-state index contributed by atoms with van der Waals surface area (Å²) in [5, 5.41) is 0. The highest BCUT2D eigenvalue weighted by Gasteiger charge is 2.20. The van der Waals surface area contributed by atoms with E-state index in [4.69, 9.17) is 10.5 Å². The molecule has 0 atom stereocenters. The van der Waals surface area contributed by atoms with Crippen molar-refractivity contribution in [3.63, 3.8) is 0 Å². The SMILES string of the molecule is CCOC(=O)c1c(C)[nH]c(-c2ccc(N(C)C)cc2)c1N. The number of hydrogen-bond donors (Lipinski definition) is 2. The van der Waals surface area contributed by atoms with E-state index in [1.807, 2.05) is 50.2 Å². The van der Waals surface area contributed by atoms with Gasteiger partial charge in [-0.1, -0.05) is 12.1 Å². The molecule has 3 N–H and O–H groups in total. The van der Waals surface area contributed by atoms with E-state index in [1.165, 1.54) is 0 Å². The molecular formula is C16H21N3O2. The fourth-order valence-electron chi connectivity index (χ4n) is 2.26. The molecule has 0 fully saturated rings. The summed E-state index contributed by atoms with van der Waals surface area (Å²) in [4.78, 5) is 17.1. The molecule has 0 bridgehead atoms. The van der Waals surface area contributed by atoms with E-state index in [1.54, 1.807) is 6.92 Å². The van der Waals surface area contributed by atoms with Crippen molar-refractivity contribution in [2.45, 2.75) is 13.8 Å². The molecule has 0 radical (unpaired) electrons. The molecule has 0 spiro atoms. The average Bonchev–Trinajstić information content (AvgIpc) is 2.74. The summed E-state index contributed by atoms with van der Waals surface area (Å²) in [5.41, 5.74) is 10.5. The Balaban J connectivity index is 2.41. The minimum absolute atomic E-state index is 0.329. The Morgan fingerprint density at radius 2 is 1.90 bits per heavy atom. The van der Waals surface area contributed by atoms with E-state index in [-0.39, 0.29) is 5.97 Å². The number of nitrogens with two attached hydrogens (primary N) is 1. The standard InChI is InChI=1S/C16H21N3O2/c1-5-21-16(20)13-10(2)18-15(14(13)17)11-6-8-12(9-7-11)19(3)4/h6-9,18H,5,17H2,1-4H3. The molecule has 2 aromatic rings. The van der Waals surface area contributed by atoms with E-state index in [9.17, 15) is 4.79 Å². The Morgan fingerprint density at radius 1 is 1.29 bits per heavy atom. The number of nitrogens with one attached hydrogen (secondary N) is 1. The van der Waals surface area contributed by atoms with E-state index in [2.05, 4.69) is 4.98 Å². The number of nitrogen functional groups attached to an aromatic ring is 1. The maximum absolute atomic E-state index is 11.9. The van der Waals surface area contributed by atoms with E-state index >= 15 is 0 Å². The summed E-state index contributed by atoms with van der Waals surface area (Å²) in [7, 11) is 3.97. The van der Waals surface area contributed by atoms with Crippen LogP contribution in [0.5, 0.6) is 0 Å². The first-order valence-corrected chi connectivity index (χ1v) is 6.88. The third kappa shape index (κ3) is 2.86. The summed E-state index contributed by atoms with van der Waals surface area (Å²) < 4.78 is 5.04. The minimum atomic E-state index is -0.389. The Bertz CT molecular complexity index is 642. The van der Waals surface area contributed by atoms with Crippen LogP contribution < -0.4 is 10.6 Å². The van der Waals surface area contributed by atoms with Crippen molar-refractivity contribution in [2.75, 3.05) is 31.3 Å². The largest absolute Gasteiger partial charge is 0.462 e. The first-order chi connectivity index (χ1) is 9.95. The van der Waals surface area contributed by atoms with Crippen molar-refractivity contribution in [1.82, 2.24) is 4.98 Å². The molecule has 2 rings (SSSR count).